The number of aliphatic imine (C=N–C) groups is 1. The fourth-order valence-corrected chi connectivity index (χ4v) is 3.97. The van der Waals surface area contributed by atoms with Crippen molar-refractivity contribution in [1.29, 1.82) is 0 Å². The second-order valence-electron chi connectivity index (χ2n) is 6.16. The third-order valence-corrected chi connectivity index (χ3v) is 5.58. The summed E-state index contributed by atoms with van der Waals surface area (Å²) >= 11 is 13.5. The number of para-hydroxylation sites is 1. The van der Waals surface area contributed by atoms with Gasteiger partial charge in [0.2, 0.25) is 0 Å². The number of esters is 1. The molecule has 0 aliphatic carbocycles. The molecule has 4 rings (SSSR count). The lowest BCUT2D eigenvalue weighted by Crippen LogP contribution is -2.10. The molecule has 3 aromatic rings. The van der Waals surface area contributed by atoms with Gasteiger partial charge in [-0.15, -0.1) is 10.2 Å². The highest BCUT2D eigenvalue weighted by atomic mass is 35.5. The molecule has 1 aromatic heterocycles. The molecule has 0 bridgehead atoms. The number of hydrogen-bond acceptors (Lipinski definition) is 8. The smallest absolute Gasteiger partial charge is 0.378 e. The number of aromatic nitrogens is 3. The minimum Gasteiger partial charge on any atom is -0.460 e. The van der Waals surface area contributed by atoms with Crippen molar-refractivity contribution < 1.29 is 14.3 Å². The first kappa shape index (κ1) is 21.2. The van der Waals surface area contributed by atoms with E-state index in [9.17, 15) is 9.59 Å². The molecule has 1 amide bonds. The fraction of sp³-hybridized carbons (Fsp3) is 0.100. The maximum Gasteiger partial charge on any atom is 0.378 e. The average Bonchev–Trinajstić information content (AvgIpc) is 3.09. The minimum atomic E-state index is -0.649. The van der Waals surface area contributed by atoms with Gasteiger partial charge in [-0.2, -0.15) is 4.99 Å². The molecule has 8 nitrogen and oxygen atoms in total. The Morgan fingerprint density at radius 3 is 2.68 bits per heavy atom. The van der Waals surface area contributed by atoms with Gasteiger partial charge in [0.05, 0.1) is 32.8 Å². The zero-order chi connectivity index (χ0) is 22.0. The lowest BCUT2D eigenvalue weighted by molar-refractivity contribution is -0.113. The Kier molecular flexibility index (Phi) is 6.17. The van der Waals surface area contributed by atoms with Crippen LogP contribution in [-0.2, 0) is 9.53 Å². The van der Waals surface area contributed by atoms with E-state index in [4.69, 9.17) is 27.9 Å². The van der Waals surface area contributed by atoms with E-state index in [0.29, 0.717) is 42.4 Å². The van der Waals surface area contributed by atoms with Gasteiger partial charge in [0, 0.05) is 0 Å². The highest BCUT2D eigenvalue weighted by molar-refractivity contribution is 8.18. The number of amidine groups is 1. The average molecular weight is 474 g/mol. The summed E-state index contributed by atoms with van der Waals surface area (Å²) < 4.78 is 4.90. The number of ether oxygens (including phenoxy) is 1. The molecule has 2 heterocycles. The number of thioether (sulfide) groups is 1. The van der Waals surface area contributed by atoms with E-state index in [1.54, 1.807) is 49.4 Å². The van der Waals surface area contributed by atoms with E-state index >= 15 is 0 Å². The Labute approximate surface area is 190 Å². The van der Waals surface area contributed by atoms with E-state index in [1.165, 1.54) is 0 Å². The Morgan fingerprint density at radius 1 is 1.16 bits per heavy atom. The summed E-state index contributed by atoms with van der Waals surface area (Å²) in [5.74, 6) is -1.18. The predicted octanol–water partition coefficient (Wildman–Crippen LogP) is 4.59. The van der Waals surface area contributed by atoms with Crippen molar-refractivity contribution in [3.05, 3.63) is 62.7 Å². The molecule has 0 atom stereocenters. The second kappa shape index (κ2) is 9.01. The number of halogens is 2. The molecule has 2 aromatic carbocycles. The molecule has 1 aliphatic heterocycles. The molecular weight excluding hydrogens is 461 g/mol. The summed E-state index contributed by atoms with van der Waals surface area (Å²) in [5.41, 5.74) is 2.12. The number of hydrogen-bond donors (Lipinski definition) is 1. The summed E-state index contributed by atoms with van der Waals surface area (Å²) in [6.07, 6.45) is 1.67. The van der Waals surface area contributed by atoms with Gasteiger partial charge in [-0.1, -0.05) is 35.3 Å². The van der Waals surface area contributed by atoms with Gasteiger partial charge in [-0.25, -0.2) is 9.78 Å². The van der Waals surface area contributed by atoms with Crippen LogP contribution in [0, 0.1) is 0 Å². The number of nitrogens with zero attached hydrogens (tertiary/aromatic N) is 4. The second-order valence-corrected chi connectivity index (χ2v) is 8.00. The van der Waals surface area contributed by atoms with Crippen molar-refractivity contribution in [3.8, 4) is 0 Å². The molecule has 0 fully saturated rings. The summed E-state index contributed by atoms with van der Waals surface area (Å²) in [6, 6.07) is 10.3. The van der Waals surface area contributed by atoms with Gasteiger partial charge in [0.1, 0.15) is 5.52 Å². The molecular formula is C20H13Cl2N5O3S. The van der Waals surface area contributed by atoms with Gasteiger partial charge < -0.3 is 10.1 Å². The summed E-state index contributed by atoms with van der Waals surface area (Å²) in [5, 5.41) is 11.9. The first-order valence-corrected chi connectivity index (χ1v) is 10.6. The molecule has 156 valence electrons. The van der Waals surface area contributed by atoms with Gasteiger partial charge in [-0.3, -0.25) is 4.79 Å². The van der Waals surface area contributed by atoms with E-state index < -0.39 is 11.9 Å². The summed E-state index contributed by atoms with van der Waals surface area (Å²) in [4.78, 5) is 32.8. The molecule has 0 radical (unpaired) electrons. The largest absolute Gasteiger partial charge is 0.460 e. The van der Waals surface area contributed by atoms with Crippen LogP contribution >= 0.6 is 35.0 Å². The molecule has 0 saturated carbocycles. The predicted molar refractivity (Wildman–Crippen MR) is 121 cm³/mol. The van der Waals surface area contributed by atoms with Crippen molar-refractivity contribution in [2.24, 2.45) is 4.99 Å². The number of fused-ring (bicyclic) bond motifs is 1. The van der Waals surface area contributed by atoms with E-state index in [-0.39, 0.29) is 12.4 Å². The molecule has 1 N–H and O–H groups in total. The molecule has 0 spiro atoms. The normalized spacial score (nSPS) is 14.7. The molecule has 0 unspecified atom stereocenters. The zero-order valence-corrected chi connectivity index (χ0v) is 18.3. The maximum atomic E-state index is 12.3. The van der Waals surface area contributed by atoms with Crippen LogP contribution < -0.4 is 5.32 Å². The lowest BCUT2D eigenvalue weighted by Gasteiger charge is -2.08. The van der Waals surface area contributed by atoms with E-state index in [1.807, 2.05) is 0 Å². The van der Waals surface area contributed by atoms with Crippen molar-refractivity contribution in [2.75, 3.05) is 11.9 Å². The van der Waals surface area contributed by atoms with Crippen LogP contribution in [0.3, 0.4) is 0 Å². The monoisotopic (exact) mass is 473 g/mol. The number of nitrogens with one attached hydrogen (secondary N) is 1. The van der Waals surface area contributed by atoms with Crippen molar-refractivity contribution in [3.63, 3.8) is 0 Å². The quantitative estimate of drug-likeness (QED) is 0.432. The number of carbonyl (C=O) groups is 2. The first-order valence-electron chi connectivity index (χ1n) is 9.00. The van der Waals surface area contributed by atoms with Crippen LogP contribution in [0.25, 0.3) is 17.1 Å². The molecule has 1 aliphatic rings. The first-order chi connectivity index (χ1) is 14.9. The van der Waals surface area contributed by atoms with Crippen molar-refractivity contribution in [1.82, 2.24) is 15.2 Å². The third kappa shape index (κ3) is 4.68. The minimum absolute atomic E-state index is 0.128. The van der Waals surface area contributed by atoms with Gasteiger partial charge in [0.15, 0.2) is 5.17 Å². The number of amides is 1. The lowest BCUT2D eigenvalue weighted by atomic mass is 10.2. The number of rotatable bonds is 4. The van der Waals surface area contributed by atoms with Crippen molar-refractivity contribution >= 4 is 74.8 Å². The highest BCUT2D eigenvalue weighted by Gasteiger charge is 2.23. The van der Waals surface area contributed by atoms with Crippen LogP contribution in [0.15, 0.2) is 46.3 Å². The molecule has 0 saturated heterocycles. The third-order valence-electron chi connectivity index (χ3n) is 4.05. The van der Waals surface area contributed by atoms with Crippen LogP contribution in [0.5, 0.6) is 0 Å². The summed E-state index contributed by atoms with van der Waals surface area (Å²) in [6.45, 7) is 1.90. The van der Waals surface area contributed by atoms with E-state index in [0.717, 1.165) is 11.8 Å². The van der Waals surface area contributed by atoms with Crippen molar-refractivity contribution in [2.45, 2.75) is 6.92 Å². The topological polar surface area (TPSA) is 106 Å². The standard InChI is InChI=1S/C20H13Cl2N5O3S/c1-2-30-19(29)17-23-14-8-10(6-7-13(14)26-27-17)9-15-18(28)25-20(31-15)24-16-11(21)4-3-5-12(16)22/h3-9H,2H2,1H3,(H,24,25,28)/b15-9-. The SMILES string of the molecule is CCOC(=O)c1nnc2ccc(/C=C3\SC(Nc4c(Cl)cccc4Cl)=NC3=O)cc2n1. The Balaban J connectivity index is 1.57. The number of anilines is 1. The van der Waals surface area contributed by atoms with Gasteiger partial charge in [0.25, 0.3) is 11.7 Å². The van der Waals surface area contributed by atoms with Gasteiger partial charge >= 0.3 is 5.97 Å². The Hall–Kier alpha value is -3.01. The maximum absolute atomic E-state index is 12.3. The zero-order valence-electron chi connectivity index (χ0n) is 15.9. The number of carbonyl (C=O) groups excluding carboxylic acids is 2. The van der Waals surface area contributed by atoms with Crippen LogP contribution in [0.2, 0.25) is 10.0 Å². The Bertz CT molecular complexity index is 1260. The highest BCUT2D eigenvalue weighted by Crippen LogP contribution is 2.34. The fourth-order valence-electron chi connectivity index (χ4n) is 2.66. The summed E-state index contributed by atoms with van der Waals surface area (Å²) in [7, 11) is 0. The van der Waals surface area contributed by atoms with Crippen LogP contribution in [-0.4, -0.2) is 38.8 Å². The van der Waals surface area contributed by atoms with Gasteiger partial charge in [-0.05, 0) is 54.6 Å². The van der Waals surface area contributed by atoms with E-state index in [2.05, 4.69) is 25.5 Å². The molecule has 11 heteroatoms. The Morgan fingerprint density at radius 2 is 1.94 bits per heavy atom. The van der Waals surface area contributed by atoms with Crippen LogP contribution in [0.4, 0.5) is 5.69 Å². The number of benzene rings is 2. The molecule has 31 heavy (non-hydrogen) atoms. The van der Waals surface area contributed by atoms with Crippen LogP contribution in [0.1, 0.15) is 23.1 Å².